The first kappa shape index (κ1) is 15.9. The predicted molar refractivity (Wildman–Crippen MR) is 79.6 cm³/mol. The molecule has 0 unspecified atom stereocenters. The van der Waals surface area contributed by atoms with Crippen molar-refractivity contribution in [1.82, 2.24) is 4.98 Å². The maximum Gasteiger partial charge on any atom is 0.341 e. The molecule has 0 aliphatic carbocycles. The number of benzene rings is 1. The van der Waals surface area contributed by atoms with Gasteiger partial charge in [0.2, 0.25) is 0 Å². The molecular formula is C15H12ClFN2O3. The number of hydrogen-bond acceptors (Lipinski definition) is 4. The van der Waals surface area contributed by atoms with Crippen molar-refractivity contribution in [2.24, 2.45) is 0 Å². The molecule has 2 rings (SSSR count). The molecule has 1 aromatic heterocycles. The number of rotatable bonds is 4. The van der Waals surface area contributed by atoms with Gasteiger partial charge >= 0.3 is 5.97 Å². The summed E-state index contributed by atoms with van der Waals surface area (Å²) in [5.74, 6) is -2.22. The van der Waals surface area contributed by atoms with Gasteiger partial charge in [-0.3, -0.25) is 4.79 Å². The lowest BCUT2D eigenvalue weighted by Gasteiger charge is -2.10. The van der Waals surface area contributed by atoms with Crippen LogP contribution in [-0.4, -0.2) is 23.5 Å². The van der Waals surface area contributed by atoms with E-state index in [1.807, 2.05) is 0 Å². The van der Waals surface area contributed by atoms with Crippen LogP contribution in [0, 0.1) is 5.82 Å². The summed E-state index contributed by atoms with van der Waals surface area (Å²) in [6.07, 6.45) is 1.39. The number of carbonyl (C=O) groups is 2. The standard InChI is InChI=1S/C15H12ClFN2O3/c1-2-22-15(21)9-5-4-8-18-13(9)19-14(20)12-10(16)6-3-7-11(12)17/h3-8H,2H2,1H3,(H,18,19,20). The summed E-state index contributed by atoms with van der Waals surface area (Å²) in [6.45, 7) is 1.84. The van der Waals surface area contributed by atoms with Crippen LogP contribution in [0.15, 0.2) is 36.5 Å². The first-order chi connectivity index (χ1) is 10.5. The third kappa shape index (κ3) is 3.40. The SMILES string of the molecule is CCOC(=O)c1cccnc1NC(=O)c1c(F)cccc1Cl. The van der Waals surface area contributed by atoms with Crippen LogP contribution in [0.3, 0.4) is 0 Å². The van der Waals surface area contributed by atoms with Crippen molar-refractivity contribution in [1.29, 1.82) is 0 Å². The Bertz CT molecular complexity index is 701. The van der Waals surface area contributed by atoms with E-state index in [-0.39, 0.29) is 28.6 Å². The lowest BCUT2D eigenvalue weighted by Crippen LogP contribution is -2.18. The molecule has 0 saturated heterocycles. The van der Waals surface area contributed by atoms with Crippen LogP contribution in [0.4, 0.5) is 10.2 Å². The largest absolute Gasteiger partial charge is 0.462 e. The minimum atomic E-state index is -0.799. The van der Waals surface area contributed by atoms with E-state index < -0.39 is 17.7 Å². The Morgan fingerprint density at radius 2 is 2.09 bits per heavy atom. The van der Waals surface area contributed by atoms with E-state index in [0.29, 0.717) is 0 Å². The van der Waals surface area contributed by atoms with Crippen LogP contribution >= 0.6 is 11.6 Å². The Labute approximate surface area is 131 Å². The molecule has 22 heavy (non-hydrogen) atoms. The molecule has 114 valence electrons. The molecule has 0 saturated carbocycles. The second-order valence-electron chi connectivity index (χ2n) is 4.17. The van der Waals surface area contributed by atoms with Gasteiger partial charge in [-0.1, -0.05) is 17.7 Å². The molecule has 1 aromatic carbocycles. The molecule has 1 N–H and O–H groups in total. The molecule has 1 amide bonds. The normalized spacial score (nSPS) is 10.1. The average molecular weight is 323 g/mol. The molecule has 7 heteroatoms. The van der Waals surface area contributed by atoms with Crippen molar-refractivity contribution in [2.45, 2.75) is 6.92 Å². The van der Waals surface area contributed by atoms with Gasteiger partial charge in [-0.25, -0.2) is 14.2 Å². The molecule has 2 aromatic rings. The summed E-state index contributed by atoms with van der Waals surface area (Å²) < 4.78 is 18.6. The second-order valence-corrected chi connectivity index (χ2v) is 4.58. The summed E-state index contributed by atoms with van der Waals surface area (Å²) in [4.78, 5) is 27.9. The Kier molecular flexibility index (Phi) is 5.06. The van der Waals surface area contributed by atoms with Crippen molar-refractivity contribution in [2.75, 3.05) is 11.9 Å². The number of halogens is 2. The van der Waals surface area contributed by atoms with E-state index in [1.165, 1.54) is 30.5 Å². The highest BCUT2D eigenvalue weighted by molar-refractivity contribution is 6.34. The first-order valence-electron chi connectivity index (χ1n) is 6.42. The fourth-order valence-corrected chi connectivity index (χ4v) is 2.01. The number of hydrogen-bond donors (Lipinski definition) is 1. The van der Waals surface area contributed by atoms with Crippen molar-refractivity contribution in [3.05, 3.63) is 58.5 Å². The third-order valence-electron chi connectivity index (χ3n) is 2.72. The Balaban J connectivity index is 2.31. The van der Waals surface area contributed by atoms with Crippen LogP contribution in [0.5, 0.6) is 0 Å². The maximum absolute atomic E-state index is 13.7. The molecule has 0 atom stereocenters. The van der Waals surface area contributed by atoms with Crippen LogP contribution < -0.4 is 5.32 Å². The topological polar surface area (TPSA) is 68.3 Å². The van der Waals surface area contributed by atoms with E-state index in [1.54, 1.807) is 6.92 Å². The second kappa shape index (κ2) is 7.00. The fourth-order valence-electron chi connectivity index (χ4n) is 1.76. The molecule has 0 bridgehead atoms. The van der Waals surface area contributed by atoms with Crippen LogP contribution in [0.2, 0.25) is 5.02 Å². The molecule has 0 fully saturated rings. The summed E-state index contributed by atoms with van der Waals surface area (Å²) in [5, 5.41) is 2.34. The smallest absolute Gasteiger partial charge is 0.341 e. The van der Waals surface area contributed by atoms with Gasteiger partial charge in [-0.05, 0) is 31.2 Å². The number of anilines is 1. The number of carbonyl (C=O) groups excluding carboxylic acids is 2. The van der Waals surface area contributed by atoms with Gasteiger partial charge in [0, 0.05) is 6.20 Å². The van der Waals surface area contributed by atoms with Crippen LogP contribution in [-0.2, 0) is 4.74 Å². The quantitative estimate of drug-likeness (QED) is 0.877. The van der Waals surface area contributed by atoms with Crippen molar-refractivity contribution in [3.8, 4) is 0 Å². The minimum absolute atomic E-state index is 0.0229. The van der Waals surface area contributed by atoms with E-state index >= 15 is 0 Å². The van der Waals surface area contributed by atoms with Gasteiger partial charge in [0.05, 0.1) is 17.2 Å². The summed E-state index contributed by atoms with van der Waals surface area (Å²) in [7, 11) is 0. The summed E-state index contributed by atoms with van der Waals surface area (Å²) in [5.41, 5.74) is -0.241. The fraction of sp³-hybridized carbons (Fsp3) is 0.133. The zero-order chi connectivity index (χ0) is 16.1. The van der Waals surface area contributed by atoms with Gasteiger partial charge in [0.15, 0.2) is 0 Å². The predicted octanol–water partition coefficient (Wildman–Crippen LogP) is 3.30. The van der Waals surface area contributed by atoms with Crippen LogP contribution in [0.1, 0.15) is 27.6 Å². The Morgan fingerprint density at radius 3 is 2.77 bits per heavy atom. The number of esters is 1. The Morgan fingerprint density at radius 1 is 1.32 bits per heavy atom. The number of aromatic nitrogens is 1. The highest BCUT2D eigenvalue weighted by atomic mass is 35.5. The van der Waals surface area contributed by atoms with Gasteiger partial charge in [-0.2, -0.15) is 0 Å². The highest BCUT2D eigenvalue weighted by Gasteiger charge is 2.20. The van der Waals surface area contributed by atoms with Crippen molar-refractivity contribution in [3.63, 3.8) is 0 Å². The zero-order valence-corrected chi connectivity index (χ0v) is 12.4. The minimum Gasteiger partial charge on any atom is -0.462 e. The number of nitrogens with one attached hydrogen (secondary N) is 1. The molecule has 0 aliphatic rings. The lowest BCUT2D eigenvalue weighted by atomic mass is 10.2. The monoisotopic (exact) mass is 322 g/mol. The lowest BCUT2D eigenvalue weighted by molar-refractivity contribution is 0.0527. The molecule has 0 radical (unpaired) electrons. The number of ether oxygens (including phenoxy) is 1. The molecule has 5 nitrogen and oxygen atoms in total. The number of pyridine rings is 1. The van der Waals surface area contributed by atoms with E-state index in [0.717, 1.165) is 6.07 Å². The molecule has 0 aliphatic heterocycles. The van der Waals surface area contributed by atoms with Gasteiger partial charge in [-0.15, -0.1) is 0 Å². The van der Waals surface area contributed by atoms with Gasteiger partial charge in [0.25, 0.3) is 5.91 Å². The zero-order valence-electron chi connectivity index (χ0n) is 11.6. The number of amides is 1. The van der Waals surface area contributed by atoms with Gasteiger partial charge < -0.3 is 10.1 Å². The molecule has 0 spiro atoms. The van der Waals surface area contributed by atoms with E-state index in [9.17, 15) is 14.0 Å². The summed E-state index contributed by atoms with van der Waals surface area (Å²) in [6, 6.07) is 6.87. The van der Waals surface area contributed by atoms with Crippen molar-refractivity contribution < 1.29 is 18.7 Å². The first-order valence-corrected chi connectivity index (χ1v) is 6.80. The van der Waals surface area contributed by atoms with E-state index in [4.69, 9.17) is 16.3 Å². The van der Waals surface area contributed by atoms with Crippen LogP contribution in [0.25, 0.3) is 0 Å². The Hall–Kier alpha value is -2.47. The van der Waals surface area contributed by atoms with Gasteiger partial charge in [0.1, 0.15) is 17.2 Å². The average Bonchev–Trinajstić information content (AvgIpc) is 2.47. The summed E-state index contributed by atoms with van der Waals surface area (Å²) >= 11 is 5.83. The molecular weight excluding hydrogens is 311 g/mol. The van der Waals surface area contributed by atoms with Crippen molar-refractivity contribution >= 4 is 29.3 Å². The van der Waals surface area contributed by atoms with E-state index in [2.05, 4.69) is 10.3 Å². The maximum atomic E-state index is 13.7. The highest BCUT2D eigenvalue weighted by Crippen LogP contribution is 2.21. The number of nitrogens with zero attached hydrogens (tertiary/aromatic N) is 1. The third-order valence-corrected chi connectivity index (χ3v) is 3.04. The molecule has 1 heterocycles.